The van der Waals surface area contributed by atoms with Crippen molar-refractivity contribution in [3.63, 3.8) is 0 Å². The van der Waals surface area contributed by atoms with Gasteiger partial charge < -0.3 is 28.4 Å². The van der Waals surface area contributed by atoms with Gasteiger partial charge >= 0.3 is 0 Å². The number of rotatable bonds is 19. The molecule has 5 atom stereocenters. The van der Waals surface area contributed by atoms with Gasteiger partial charge in [-0.15, -0.1) is 0 Å². The summed E-state index contributed by atoms with van der Waals surface area (Å²) in [4.78, 5) is 0. The molecule has 47 heavy (non-hydrogen) atoms. The second-order valence-corrected chi connectivity index (χ2v) is 12.2. The normalized spacial score (nSPS) is 21.0. The van der Waals surface area contributed by atoms with E-state index in [1.807, 2.05) is 97.1 Å². The van der Waals surface area contributed by atoms with Crippen molar-refractivity contribution in [2.24, 2.45) is 0 Å². The zero-order valence-electron chi connectivity index (χ0n) is 26.8. The van der Waals surface area contributed by atoms with Crippen molar-refractivity contribution in [1.82, 2.24) is 0 Å². The van der Waals surface area contributed by atoms with Gasteiger partial charge in [-0.1, -0.05) is 140 Å². The highest BCUT2D eigenvalue weighted by molar-refractivity contribution is 6.29. The van der Waals surface area contributed by atoms with E-state index < -0.39 is 30.7 Å². The third kappa shape index (κ3) is 11.7. The quantitative estimate of drug-likeness (QED) is 0.0942. The van der Waals surface area contributed by atoms with Crippen LogP contribution in [0.5, 0.6) is 0 Å². The van der Waals surface area contributed by atoms with Crippen LogP contribution in [0.4, 0.5) is 0 Å². The summed E-state index contributed by atoms with van der Waals surface area (Å²) in [7, 11) is 0. The number of hydrogen-bond donors (Lipinski definition) is 0. The first-order valence-electron chi connectivity index (χ1n) is 16.3. The Morgan fingerprint density at radius 1 is 0.553 bits per heavy atom. The van der Waals surface area contributed by atoms with Crippen LogP contribution in [0.15, 0.2) is 133 Å². The van der Waals surface area contributed by atoms with E-state index in [0.29, 0.717) is 38.1 Å². The molecule has 1 saturated heterocycles. The third-order valence-corrected chi connectivity index (χ3v) is 8.15. The Hall–Kier alpha value is -3.33. The Balaban J connectivity index is 1.40. The average Bonchev–Trinajstić information content (AvgIpc) is 3.11. The van der Waals surface area contributed by atoms with Gasteiger partial charge in [0.2, 0.25) is 0 Å². The highest BCUT2D eigenvalue weighted by atomic mass is 35.5. The molecule has 5 rings (SSSR count). The number of benzene rings is 4. The maximum Gasteiger partial charge on any atom is 0.186 e. The molecule has 1 aliphatic rings. The second-order valence-electron chi connectivity index (χ2n) is 11.7. The second kappa shape index (κ2) is 19.5. The van der Waals surface area contributed by atoms with Gasteiger partial charge in [0.05, 0.1) is 33.0 Å². The van der Waals surface area contributed by atoms with Crippen LogP contribution in [0, 0.1) is 0 Å². The summed E-state index contributed by atoms with van der Waals surface area (Å²) in [6.07, 6.45) is -0.385. The minimum atomic E-state index is -0.708. The maximum absolute atomic E-state index is 6.76. The van der Waals surface area contributed by atoms with Gasteiger partial charge in [-0.3, -0.25) is 0 Å². The molecule has 1 fully saturated rings. The van der Waals surface area contributed by atoms with Gasteiger partial charge in [-0.05, 0) is 41.5 Å². The van der Waals surface area contributed by atoms with E-state index in [2.05, 4.69) is 30.8 Å². The largest absolute Gasteiger partial charge is 0.374 e. The molecular formula is C40H45ClO6. The van der Waals surface area contributed by atoms with Gasteiger partial charge in [0.25, 0.3) is 0 Å². The van der Waals surface area contributed by atoms with Crippen LogP contribution >= 0.6 is 11.6 Å². The van der Waals surface area contributed by atoms with E-state index >= 15 is 0 Å². The SMILES string of the molecule is C=C(Cl)CCCCOC1O[C@H](COCc2ccccc2)[C@@H](OCc2ccccc2)[C@H](OCc2ccccc2)[C@H]1OCc1ccccc1. The zero-order chi connectivity index (χ0) is 32.5. The molecule has 0 saturated carbocycles. The molecule has 0 aromatic heterocycles. The molecule has 1 aliphatic heterocycles. The topological polar surface area (TPSA) is 55.4 Å². The van der Waals surface area contributed by atoms with Crippen molar-refractivity contribution in [1.29, 1.82) is 0 Å². The predicted octanol–water partition coefficient (Wildman–Crippen LogP) is 8.62. The molecular weight excluding hydrogens is 612 g/mol. The Bertz CT molecular complexity index is 1420. The number of halogens is 1. The van der Waals surface area contributed by atoms with Gasteiger partial charge in [0, 0.05) is 11.6 Å². The van der Waals surface area contributed by atoms with Crippen molar-refractivity contribution in [3.8, 4) is 0 Å². The fraction of sp³-hybridized carbons (Fsp3) is 0.350. The van der Waals surface area contributed by atoms with E-state index in [9.17, 15) is 0 Å². The minimum Gasteiger partial charge on any atom is -0.374 e. The minimum absolute atomic E-state index is 0.289. The van der Waals surface area contributed by atoms with Crippen LogP contribution in [-0.2, 0) is 54.8 Å². The molecule has 0 N–H and O–H groups in total. The summed E-state index contributed by atoms with van der Waals surface area (Å²) < 4.78 is 39.5. The van der Waals surface area contributed by atoms with Gasteiger partial charge in [0.1, 0.15) is 24.4 Å². The lowest BCUT2D eigenvalue weighted by atomic mass is 9.97. The van der Waals surface area contributed by atoms with Gasteiger partial charge in [-0.25, -0.2) is 0 Å². The first-order valence-corrected chi connectivity index (χ1v) is 16.7. The number of unbranched alkanes of at least 4 members (excludes halogenated alkanes) is 1. The lowest BCUT2D eigenvalue weighted by Crippen LogP contribution is -2.61. The lowest BCUT2D eigenvalue weighted by Gasteiger charge is -2.46. The van der Waals surface area contributed by atoms with E-state index in [1.165, 1.54) is 0 Å². The lowest BCUT2D eigenvalue weighted by molar-refractivity contribution is -0.328. The number of ether oxygens (including phenoxy) is 6. The zero-order valence-corrected chi connectivity index (χ0v) is 27.6. The van der Waals surface area contributed by atoms with Crippen molar-refractivity contribution >= 4 is 11.6 Å². The summed E-state index contributed by atoms with van der Waals surface area (Å²) in [5.74, 6) is 0. The molecule has 0 aliphatic carbocycles. The number of allylic oxidation sites excluding steroid dienone is 1. The maximum atomic E-state index is 6.76. The Morgan fingerprint density at radius 3 is 1.49 bits per heavy atom. The third-order valence-electron chi connectivity index (χ3n) is 7.97. The average molecular weight is 657 g/mol. The van der Waals surface area contributed by atoms with Crippen LogP contribution in [0.2, 0.25) is 0 Å². The highest BCUT2D eigenvalue weighted by Crippen LogP contribution is 2.32. The van der Waals surface area contributed by atoms with Crippen LogP contribution in [0.25, 0.3) is 0 Å². The predicted molar refractivity (Wildman–Crippen MR) is 185 cm³/mol. The van der Waals surface area contributed by atoms with Crippen molar-refractivity contribution in [2.45, 2.75) is 76.4 Å². The molecule has 0 radical (unpaired) electrons. The molecule has 0 spiro atoms. The smallest absolute Gasteiger partial charge is 0.186 e. The Labute approximate surface area is 284 Å². The monoisotopic (exact) mass is 656 g/mol. The van der Waals surface area contributed by atoms with Crippen LogP contribution in [0.1, 0.15) is 41.5 Å². The first-order chi connectivity index (χ1) is 23.2. The van der Waals surface area contributed by atoms with Crippen molar-refractivity contribution in [2.75, 3.05) is 13.2 Å². The standard InChI is InChI=1S/C40H45ClO6/c1-31(41)16-14-15-25-43-40-39(46-29-35-23-12-5-13-24-35)38(45-28-34-21-10-4-11-22-34)37(44-27-33-19-8-3-9-20-33)36(47-40)30-42-26-32-17-6-2-7-18-32/h2-13,17-24,36-40H,1,14-16,25-30H2/t36-,37-,38+,39-,40?/m1/s1. The van der Waals surface area contributed by atoms with Crippen LogP contribution in [0.3, 0.4) is 0 Å². The van der Waals surface area contributed by atoms with Gasteiger partial charge in [0.15, 0.2) is 6.29 Å². The van der Waals surface area contributed by atoms with E-state index in [0.717, 1.165) is 41.5 Å². The molecule has 7 heteroatoms. The fourth-order valence-corrected chi connectivity index (χ4v) is 5.63. The highest BCUT2D eigenvalue weighted by Gasteiger charge is 2.49. The first kappa shape index (κ1) is 35.0. The molecule has 1 heterocycles. The summed E-state index contributed by atoms with van der Waals surface area (Å²) in [6.45, 7) is 6.14. The summed E-state index contributed by atoms with van der Waals surface area (Å²) in [5.41, 5.74) is 4.24. The van der Waals surface area contributed by atoms with Crippen LogP contribution in [-0.4, -0.2) is 43.9 Å². The van der Waals surface area contributed by atoms with Gasteiger partial charge in [-0.2, -0.15) is 0 Å². The molecule has 0 bridgehead atoms. The fourth-order valence-electron chi connectivity index (χ4n) is 5.50. The Morgan fingerprint density at radius 2 is 1.00 bits per heavy atom. The number of hydrogen-bond acceptors (Lipinski definition) is 6. The molecule has 1 unspecified atom stereocenters. The molecule has 4 aromatic rings. The molecule has 4 aromatic carbocycles. The van der Waals surface area contributed by atoms with E-state index in [4.69, 9.17) is 40.0 Å². The van der Waals surface area contributed by atoms with E-state index in [1.54, 1.807) is 0 Å². The van der Waals surface area contributed by atoms with Crippen molar-refractivity contribution < 1.29 is 28.4 Å². The Kier molecular flexibility index (Phi) is 14.5. The van der Waals surface area contributed by atoms with Crippen LogP contribution < -0.4 is 0 Å². The summed E-state index contributed by atoms with van der Waals surface area (Å²) in [5, 5.41) is 0.645. The molecule has 6 nitrogen and oxygen atoms in total. The summed E-state index contributed by atoms with van der Waals surface area (Å²) in [6, 6.07) is 40.4. The van der Waals surface area contributed by atoms with Crippen molar-refractivity contribution in [3.05, 3.63) is 155 Å². The summed E-state index contributed by atoms with van der Waals surface area (Å²) >= 11 is 6.01. The van der Waals surface area contributed by atoms with E-state index in [-0.39, 0.29) is 6.61 Å². The molecule has 248 valence electrons. The molecule has 0 amide bonds.